The van der Waals surface area contributed by atoms with E-state index in [2.05, 4.69) is 0 Å². The van der Waals surface area contributed by atoms with Gasteiger partial charge in [-0.15, -0.1) is 11.3 Å². The molecule has 1 saturated heterocycles. The highest BCUT2D eigenvalue weighted by Crippen LogP contribution is 2.19. The molecule has 8 nitrogen and oxygen atoms in total. The van der Waals surface area contributed by atoms with Crippen LogP contribution < -0.4 is 4.74 Å². The maximum absolute atomic E-state index is 12.6. The van der Waals surface area contributed by atoms with Crippen molar-refractivity contribution in [3.63, 3.8) is 0 Å². The Morgan fingerprint density at radius 3 is 2.30 bits per heavy atom. The van der Waals surface area contributed by atoms with Crippen LogP contribution in [0.25, 0.3) is 0 Å². The molecule has 3 rings (SSSR count). The van der Waals surface area contributed by atoms with Gasteiger partial charge >= 0.3 is 0 Å². The largest absolute Gasteiger partial charge is 0.481 e. The first-order valence-electron chi connectivity index (χ1n) is 8.48. The van der Waals surface area contributed by atoms with E-state index in [-0.39, 0.29) is 17.5 Å². The molecule has 0 saturated carbocycles. The number of carbonyl (C=O) groups is 2. The fourth-order valence-corrected chi connectivity index (χ4v) is 3.53. The highest BCUT2D eigenvalue weighted by atomic mass is 32.1. The molecule has 2 heterocycles. The number of ether oxygens (including phenoxy) is 1. The van der Waals surface area contributed by atoms with Gasteiger partial charge in [-0.1, -0.05) is 6.07 Å². The first-order valence-corrected chi connectivity index (χ1v) is 9.36. The van der Waals surface area contributed by atoms with Crippen molar-refractivity contribution in [3.8, 4) is 5.75 Å². The Morgan fingerprint density at radius 1 is 1.11 bits per heavy atom. The summed E-state index contributed by atoms with van der Waals surface area (Å²) in [5.41, 5.74) is -0.0344. The molecule has 1 atom stereocenters. The van der Waals surface area contributed by atoms with Crippen LogP contribution in [0.1, 0.15) is 16.6 Å². The lowest BCUT2D eigenvalue weighted by atomic mass is 10.2. The van der Waals surface area contributed by atoms with E-state index in [1.807, 2.05) is 11.4 Å². The Balaban J connectivity index is 1.52. The van der Waals surface area contributed by atoms with Gasteiger partial charge in [-0.25, -0.2) is 0 Å². The quantitative estimate of drug-likeness (QED) is 0.578. The van der Waals surface area contributed by atoms with Gasteiger partial charge in [-0.2, -0.15) is 0 Å². The van der Waals surface area contributed by atoms with Gasteiger partial charge in [0.25, 0.3) is 17.5 Å². The van der Waals surface area contributed by atoms with Crippen LogP contribution >= 0.6 is 11.3 Å². The SMILES string of the molecule is CC(Oc1ccc([N+](=O)[O-])cc1)C(=O)N1CCN(C(=O)c2cccs2)CC1. The fourth-order valence-electron chi connectivity index (χ4n) is 2.84. The van der Waals surface area contributed by atoms with E-state index in [4.69, 9.17) is 4.74 Å². The summed E-state index contributed by atoms with van der Waals surface area (Å²) in [7, 11) is 0. The molecule has 142 valence electrons. The van der Waals surface area contributed by atoms with E-state index in [1.165, 1.54) is 35.6 Å². The monoisotopic (exact) mass is 389 g/mol. The van der Waals surface area contributed by atoms with Crippen molar-refractivity contribution in [2.45, 2.75) is 13.0 Å². The van der Waals surface area contributed by atoms with Crippen molar-refractivity contribution in [1.29, 1.82) is 0 Å². The number of nitro benzene ring substituents is 1. The number of nitrogens with zero attached hydrogens (tertiary/aromatic N) is 3. The standard InChI is InChI=1S/C18H19N3O5S/c1-13(26-15-6-4-14(5-7-15)21(24)25)17(22)19-8-10-20(11-9-19)18(23)16-3-2-12-27-16/h2-7,12-13H,8-11H2,1H3. The number of benzene rings is 1. The van der Waals surface area contributed by atoms with Gasteiger partial charge < -0.3 is 14.5 Å². The smallest absolute Gasteiger partial charge is 0.269 e. The van der Waals surface area contributed by atoms with Crippen LogP contribution in [0.4, 0.5) is 5.69 Å². The lowest BCUT2D eigenvalue weighted by molar-refractivity contribution is -0.384. The van der Waals surface area contributed by atoms with Crippen molar-refractivity contribution >= 4 is 28.8 Å². The lowest BCUT2D eigenvalue weighted by Crippen LogP contribution is -2.53. The second-order valence-corrected chi connectivity index (χ2v) is 7.05. The lowest BCUT2D eigenvalue weighted by Gasteiger charge is -2.35. The molecule has 2 aromatic rings. The first-order chi connectivity index (χ1) is 13.0. The van der Waals surface area contributed by atoms with Gasteiger partial charge in [-0.05, 0) is 30.5 Å². The van der Waals surface area contributed by atoms with Crippen molar-refractivity contribution in [1.82, 2.24) is 9.80 Å². The van der Waals surface area contributed by atoms with E-state index < -0.39 is 11.0 Å². The average molecular weight is 389 g/mol. The molecule has 1 unspecified atom stereocenters. The Hall–Kier alpha value is -2.94. The number of non-ortho nitro benzene ring substituents is 1. The van der Waals surface area contributed by atoms with E-state index in [0.29, 0.717) is 36.8 Å². The molecule has 1 aromatic heterocycles. The summed E-state index contributed by atoms with van der Waals surface area (Å²) in [5.74, 6) is 0.219. The summed E-state index contributed by atoms with van der Waals surface area (Å²) in [6.07, 6.45) is -0.717. The first kappa shape index (κ1) is 18.8. The number of amides is 2. The van der Waals surface area contributed by atoms with E-state index in [9.17, 15) is 19.7 Å². The molecule has 9 heteroatoms. The molecule has 27 heavy (non-hydrogen) atoms. The minimum Gasteiger partial charge on any atom is -0.481 e. The summed E-state index contributed by atoms with van der Waals surface area (Å²) < 4.78 is 5.60. The maximum atomic E-state index is 12.6. The summed E-state index contributed by atoms with van der Waals surface area (Å²) in [5, 5.41) is 12.5. The van der Waals surface area contributed by atoms with Gasteiger partial charge in [0.1, 0.15) is 5.75 Å². The third kappa shape index (κ3) is 4.43. The molecule has 0 radical (unpaired) electrons. The zero-order chi connectivity index (χ0) is 19.4. The normalized spacial score (nSPS) is 15.3. The second-order valence-electron chi connectivity index (χ2n) is 6.11. The van der Waals surface area contributed by atoms with Crippen LogP contribution in [0.2, 0.25) is 0 Å². The zero-order valence-electron chi connectivity index (χ0n) is 14.7. The summed E-state index contributed by atoms with van der Waals surface area (Å²) in [6.45, 7) is 3.50. The van der Waals surface area contributed by atoms with Crippen LogP contribution in [0.3, 0.4) is 0 Å². The molecular formula is C18H19N3O5S. The summed E-state index contributed by atoms with van der Waals surface area (Å²) >= 11 is 1.41. The number of rotatable bonds is 5. The molecule has 1 aliphatic rings. The number of piperazine rings is 1. The molecule has 1 aromatic carbocycles. The Bertz CT molecular complexity index is 814. The van der Waals surface area contributed by atoms with Crippen LogP contribution in [0.5, 0.6) is 5.75 Å². The van der Waals surface area contributed by atoms with Crippen LogP contribution in [-0.2, 0) is 4.79 Å². The molecule has 0 bridgehead atoms. The van der Waals surface area contributed by atoms with E-state index in [0.717, 1.165) is 0 Å². The minimum absolute atomic E-state index is 0.00715. The number of thiophene rings is 1. The van der Waals surface area contributed by atoms with Crippen LogP contribution in [-0.4, -0.2) is 58.8 Å². The van der Waals surface area contributed by atoms with Crippen molar-refractivity contribution in [2.75, 3.05) is 26.2 Å². The Morgan fingerprint density at radius 2 is 1.74 bits per heavy atom. The van der Waals surface area contributed by atoms with Gasteiger partial charge in [-0.3, -0.25) is 19.7 Å². The molecule has 1 fully saturated rings. The van der Waals surface area contributed by atoms with Gasteiger partial charge in [0.15, 0.2) is 6.10 Å². The highest BCUT2D eigenvalue weighted by Gasteiger charge is 2.28. The Kier molecular flexibility index (Phi) is 5.70. The second kappa shape index (κ2) is 8.17. The summed E-state index contributed by atoms with van der Waals surface area (Å²) in [4.78, 5) is 39.2. The van der Waals surface area contributed by atoms with Crippen molar-refractivity contribution in [2.24, 2.45) is 0 Å². The molecule has 2 amide bonds. The average Bonchev–Trinajstić information content (AvgIpc) is 3.22. The molecule has 0 spiro atoms. The minimum atomic E-state index is -0.717. The maximum Gasteiger partial charge on any atom is 0.269 e. The molecule has 1 aliphatic heterocycles. The number of hydrogen-bond donors (Lipinski definition) is 0. The van der Waals surface area contributed by atoms with Gasteiger partial charge in [0, 0.05) is 38.3 Å². The zero-order valence-corrected chi connectivity index (χ0v) is 15.6. The van der Waals surface area contributed by atoms with Crippen molar-refractivity contribution < 1.29 is 19.2 Å². The van der Waals surface area contributed by atoms with Gasteiger partial charge in [0.2, 0.25) is 0 Å². The van der Waals surface area contributed by atoms with Crippen LogP contribution in [0, 0.1) is 10.1 Å². The van der Waals surface area contributed by atoms with E-state index >= 15 is 0 Å². The van der Waals surface area contributed by atoms with Gasteiger partial charge in [0.05, 0.1) is 9.80 Å². The van der Waals surface area contributed by atoms with Crippen LogP contribution in [0.15, 0.2) is 41.8 Å². The number of carbonyl (C=O) groups excluding carboxylic acids is 2. The highest BCUT2D eigenvalue weighted by molar-refractivity contribution is 7.12. The summed E-state index contributed by atoms with van der Waals surface area (Å²) in [6, 6.07) is 9.25. The number of nitro groups is 1. The van der Waals surface area contributed by atoms with Crippen molar-refractivity contribution in [3.05, 3.63) is 56.8 Å². The molecule has 0 aliphatic carbocycles. The predicted octanol–water partition coefficient (Wildman–Crippen LogP) is 2.41. The Labute approximate surface area is 160 Å². The van der Waals surface area contributed by atoms with E-state index in [1.54, 1.807) is 22.8 Å². The predicted molar refractivity (Wildman–Crippen MR) is 100.0 cm³/mol. The topological polar surface area (TPSA) is 93.0 Å². The molecular weight excluding hydrogens is 370 g/mol. The molecule has 0 N–H and O–H groups in total. The number of hydrogen-bond acceptors (Lipinski definition) is 6. The fraction of sp³-hybridized carbons (Fsp3) is 0.333. The third-order valence-electron chi connectivity index (χ3n) is 4.32. The third-order valence-corrected chi connectivity index (χ3v) is 5.18.